The number of piperidine rings is 1. The van der Waals surface area contributed by atoms with E-state index in [-0.39, 0.29) is 28.7 Å². The molecule has 7 heteroatoms. The zero-order valence-electron chi connectivity index (χ0n) is 13.4. The van der Waals surface area contributed by atoms with Crippen molar-refractivity contribution in [1.82, 2.24) is 5.32 Å². The third-order valence-corrected chi connectivity index (χ3v) is 7.17. The fraction of sp³-hybridized carbons (Fsp3) is 0.562. The molecule has 1 aromatic rings. The second-order valence-electron chi connectivity index (χ2n) is 6.56. The zero-order valence-corrected chi connectivity index (χ0v) is 14.2. The molecule has 1 aliphatic heterocycles. The van der Waals surface area contributed by atoms with Gasteiger partial charge in [-0.3, -0.25) is 4.79 Å². The highest BCUT2D eigenvalue weighted by Crippen LogP contribution is 2.38. The van der Waals surface area contributed by atoms with Crippen LogP contribution >= 0.6 is 0 Å². The Hall–Kier alpha value is -1.50. The molecule has 1 saturated heterocycles. The summed E-state index contributed by atoms with van der Waals surface area (Å²) in [6.45, 7) is 4.27. The lowest BCUT2D eigenvalue weighted by Gasteiger charge is -2.36. The summed E-state index contributed by atoms with van der Waals surface area (Å²) in [5.74, 6) is -3.65. The van der Waals surface area contributed by atoms with Crippen LogP contribution in [0.5, 0.6) is 0 Å². The summed E-state index contributed by atoms with van der Waals surface area (Å²) < 4.78 is 51.7. The highest BCUT2D eigenvalue weighted by Gasteiger charge is 2.44. The number of alkyl halides is 2. The molecule has 0 bridgehead atoms. The van der Waals surface area contributed by atoms with Gasteiger partial charge in [-0.1, -0.05) is 12.1 Å². The van der Waals surface area contributed by atoms with E-state index in [0.717, 1.165) is 13.0 Å². The molecule has 4 nitrogen and oxygen atoms in total. The minimum absolute atomic E-state index is 0.121. The first-order valence-electron chi connectivity index (χ1n) is 7.46. The van der Waals surface area contributed by atoms with Crippen molar-refractivity contribution >= 4 is 15.7 Å². The number of sulfone groups is 1. The van der Waals surface area contributed by atoms with Crippen LogP contribution in [-0.4, -0.2) is 25.6 Å². The van der Waals surface area contributed by atoms with Gasteiger partial charge in [-0.05, 0) is 38.3 Å². The molecular weight excluding hydrogens is 324 g/mol. The maximum atomic E-state index is 13.5. The van der Waals surface area contributed by atoms with Crippen LogP contribution < -0.4 is 5.32 Å². The monoisotopic (exact) mass is 345 g/mol. The smallest absolute Gasteiger partial charge is 0.270 e. The van der Waals surface area contributed by atoms with E-state index >= 15 is 0 Å². The Kier molecular flexibility index (Phi) is 4.54. The molecule has 1 atom stereocenters. The van der Waals surface area contributed by atoms with E-state index in [9.17, 15) is 22.0 Å². The van der Waals surface area contributed by atoms with Crippen molar-refractivity contribution in [3.8, 4) is 0 Å². The summed E-state index contributed by atoms with van der Waals surface area (Å²) in [6.07, 6.45) is 0.664. The predicted octanol–water partition coefficient (Wildman–Crippen LogP) is 2.88. The van der Waals surface area contributed by atoms with E-state index in [0.29, 0.717) is 13.0 Å². The van der Waals surface area contributed by atoms with Gasteiger partial charge in [0.2, 0.25) is 5.91 Å². The molecule has 1 aliphatic rings. The van der Waals surface area contributed by atoms with E-state index in [1.165, 1.54) is 18.2 Å². The number of rotatable bonds is 4. The average molecular weight is 345 g/mol. The van der Waals surface area contributed by atoms with E-state index < -0.39 is 20.5 Å². The summed E-state index contributed by atoms with van der Waals surface area (Å²) >= 11 is 0. The summed E-state index contributed by atoms with van der Waals surface area (Å²) in [6, 6.07) is 4.89. The molecule has 1 N–H and O–H groups in total. The molecule has 128 valence electrons. The number of amides is 1. The topological polar surface area (TPSA) is 63.2 Å². The highest BCUT2D eigenvalue weighted by atomic mass is 32.2. The quantitative estimate of drug-likeness (QED) is 0.913. The fourth-order valence-electron chi connectivity index (χ4n) is 2.84. The number of carbonyl (C=O) groups excluding carboxylic acids is 1. The first-order valence-corrected chi connectivity index (χ1v) is 8.94. The van der Waals surface area contributed by atoms with Crippen molar-refractivity contribution < 1.29 is 22.0 Å². The molecule has 0 spiro atoms. The maximum Gasteiger partial charge on any atom is 0.270 e. The maximum absolute atomic E-state index is 13.5. The Morgan fingerprint density at radius 3 is 2.43 bits per heavy atom. The largest absolute Gasteiger partial charge is 0.356 e. The van der Waals surface area contributed by atoms with Gasteiger partial charge in [0.15, 0.2) is 9.84 Å². The molecule has 0 radical (unpaired) electrons. The summed E-state index contributed by atoms with van der Waals surface area (Å²) in [5, 5.41) is 2.67. The Balaban J connectivity index is 2.42. The van der Waals surface area contributed by atoms with E-state index in [1.807, 2.05) is 0 Å². The molecule has 1 aromatic carbocycles. The van der Waals surface area contributed by atoms with Crippen LogP contribution in [0, 0.1) is 5.92 Å². The number of benzene rings is 1. The van der Waals surface area contributed by atoms with Crippen molar-refractivity contribution in [3.05, 3.63) is 29.8 Å². The van der Waals surface area contributed by atoms with Gasteiger partial charge in [0, 0.05) is 25.5 Å². The fourth-order valence-corrected chi connectivity index (χ4v) is 4.62. The van der Waals surface area contributed by atoms with Crippen molar-refractivity contribution in [2.24, 2.45) is 5.92 Å². The van der Waals surface area contributed by atoms with Gasteiger partial charge in [-0.15, -0.1) is 0 Å². The zero-order chi connectivity index (χ0) is 17.5. The minimum atomic E-state index is -3.86. The number of nitrogens with one attached hydrogen (secondary N) is 1. The van der Waals surface area contributed by atoms with Crippen molar-refractivity contribution in [2.75, 3.05) is 6.54 Å². The van der Waals surface area contributed by atoms with Crippen LogP contribution in [0.2, 0.25) is 0 Å². The van der Waals surface area contributed by atoms with Gasteiger partial charge in [0.1, 0.15) is 0 Å². The van der Waals surface area contributed by atoms with E-state index in [1.54, 1.807) is 13.8 Å². The summed E-state index contributed by atoms with van der Waals surface area (Å²) in [4.78, 5) is 11.4. The molecule has 1 amide bonds. The lowest BCUT2D eigenvalue weighted by Crippen LogP contribution is -2.47. The number of hydrogen-bond acceptors (Lipinski definition) is 3. The molecule has 0 unspecified atom stereocenters. The van der Waals surface area contributed by atoms with Gasteiger partial charge in [0.05, 0.1) is 9.64 Å². The van der Waals surface area contributed by atoms with Gasteiger partial charge < -0.3 is 5.32 Å². The van der Waals surface area contributed by atoms with Crippen LogP contribution in [0.3, 0.4) is 0 Å². The van der Waals surface area contributed by atoms with Gasteiger partial charge in [-0.2, -0.15) is 0 Å². The second-order valence-corrected chi connectivity index (χ2v) is 9.09. The van der Waals surface area contributed by atoms with Crippen LogP contribution in [0.4, 0.5) is 8.78 Å². The molecular formula is C16H21F2NO3S. The Morgan fingerprint density at radius 1 is 1.22 bits per heavy atom. The molecule has 1 heterocycles. The normalized spacial score (nSPS) is 20.2. The second kappa shape index (κ2) is 5.85. The Labute approximate surface area is 135 Å². The number of hydrogen-bond donors (Lipinski definition) is 1. The SMILES string of the molecule is CC(F)(F)c1cccc(S(=O)(=O)C(C)(C)[C@H]2CCNC(=O)C2)c1. The Morgan fingerprint density at radius 2 is 1.87 bits per heavy atom. The molecule has 0 aliphatic carbocycles. The minimum Gasteiger partial charge on any atom is -0.356 e. The van der Waals surface area contributed by atoms with Crippen LogP contribution in [0.1, 0.15) is 39.2 Å². The highest BCUT2D eigenvalue weighted by molar-refractivity contribution is 7.92. The lowest BCUT2D eigenvalue weighted by atomic mass is 9.86. The third-order valence-electron chi connectivity index (χ3n) is 4.57. The Bertz CT molecular complexity index is 708. The average Bonchev–Trinajstić information content (AvgIpc) is 2.46. The van der Waals surface area contributed by atoms with Crippen LogP contribution in [0.25, 0.3) is 0 Å². The summed E-state index contributed by atoms with van der Waals surface area (Å²) in [5.41, 5.74) is -0.337. The van der Waals surface area contributed by atoms with E-state index in [4.69, 9.17) is 0 Å². The predicted molar refractivity (Wildman–Crippen MR) is 83.0 cm³/mol. The van der Waals surface area contributed by atoms with Crippen molar-refractivity contribution in [3.63, 3.8) is 0 Å². The molecule has 23 heavy (non-hydrogen) atoms. The molecule has 0 saturated carbocycles. The first kappa shape index (κ1) is 17.8. The van der Waals surface area contributed by atoms with Gasteiger partial charge >= 0.3 is 0 Å². The third kappa shape index (κ3) is 3.39. The van der Waals surface area contributed by atoms with Crippen LogP contribution in [-0.2, 0) is 20.6 Å². The molecule has 1 fully saturated rings. The number of halogens is 2. The number of carbonyl (C=O) groups is 1. The first-order chi connectivity index (χ1) is 10.5. The molecule has 2 rings (SSSR count). The van der Waals surface area contributed by atoms with Crippen molar-refractivity contribution in [1.29, 1.82) is 0 Å². The van der Waals surface area contributed by atoms with Crippen LogP contribution in [0.15, 0.2) is 29.2 Å². The standard InChI is InChI=1S/C16H21F2NO3S/c1-15(2,11-7-8-19-14(20)10-11)23(21,22)13-6-4-5-12(9-13)16(3,17)18/h4-6,9,11H,7-8,10H2,1-3H3,(H,19,20)/t11-/m0/s1. The van der Waals surface area contributed by atoms with E-state index in [2.05, 4.69) is 5.32 Å². The lowest BCUT2D eigenvalue weighted by molar-refractivity contribution is -0.123. The van der Waals surface area contributed by atoms with Gasteiger partial charge in [0.25, 0.3) is 5.92 Å². The van der Waals surface area contributed by atoms with Crippen molar-refractivity contribution in [2.45, 2.75) is 49.2 Å². The van der Waals surface area contributed by atoms with Gasteiger partial charge in [-0.25, -0.2) is 17.2 Å². The summed E-state index contributed by atoms with van der Waals surface area (Å²) in [7, 11) is -3.86. The molecule has 0 aromatic heterocycles.